The van der Waals surface area contributed by atoms with Crippen LogP contribution in [0, 0.1) is 6.92 Å². The van der Waals surface area contributed by atoms with E-state index in [0.29, 0.717) is 0 Å². The number of nitrogens with one attached hydrogen (secondary N) is 1. The average molecular weight is 261 g/mol. The third-order valence-corrected chi connectivity index (χ3v) is 4.28. The van der Waals surface area contributed by atoms with Gasteiger partial charge in [-0.3, -0.25) is 0 Å². The number of thiazole rings is 2. The van der Waals surface area contributed by atoms with E-state index in [9.17, 15) is 0 Å². The normalized spacial score (nSPS) is 10.9. The Kier molecular flexibility index (Phi) is 2.78. The van der Waals surface area contributed by atoms with E-state index in [1.54, 1.807) is 22.7 Å². The van der Waals surface area contributed by atoms with E-state index in [1.165, 1.54) is 9.58 Å². The number of rotatable bonds is 3. The Balaban J connectivity index is 1.76. The molecule has 0 amide bonds. The van der Waals surface area contributed by atoms with E-state index in [1.807, 2.05) is 31.3 Å². The first-order valence-corrected chi connectivity index (χ1v) is 6.95. The molecule has 3 rings (SSSR count). The van der Waals surface area contributed by atoms with E-state index in [0.717, 1.165) is 22.2 Å². The summed E-state index contributed by atoms with van der Waals surface area (Å²) in [4.78, 5) is 10.00. The van der Waals surface area contributed by atoms with Gasteiger partial charge >= 0.3 is 0 Å². The van der Waals surface area contributed by atoms with E-state index in [4.69, 9.17) is 0 Å². The molecule has 0 aliphatic heterocycles. The van der Waals surface area contributed by atoms with Gasteiger partial charge in [-0.05, 0) is 19.1 Å². The van der Waals surface area contributed by atoms with Crippen molar-refractivity contribution in [3.05, 3.63) is 40.3 Å². The van der Waals surface area contributed by atoms with Crippen molar-refractivity contribution in [2.24, 2.45) is 0 Å². The summed E-state index contributed by atoms with van der Waals surface area (Å²) in [5.74, 6) is 0. The van der Waals surface area contributed by atoms with Gasteiger partial charge in [0.05, 0.1) is 21.8 Å². The van der Waals surface area contributed by atoms with Crippen LogP contribution in [-0.4, -0.2) is 9.97 Å². The molecular formula is C12H11N3S2. The predicted molar refractivity (Wildman–Crippen MR) is 73.8 cm³/mol. The van der Waals surface area contributed by atoms with Crippen molar-refractivity contribution in [1.82, 2.24) is 9.97 Å². The molecule has 0 saturated heterocycles. The molecule has 0 radical (unpaired) electrons. The Morgan fingerprint density at radius 1 is 1.24 bits per heavy atom. The van der Waals surface area contributed by atoms with Crippen molar-refractivity contribution in [3.8, 4) is 0 Å². The molecule has 0 aliphatic rings. The zero-order valence-electron chi connectivity index (χ0n) is 9.30. The largest absolute Gasteiger partial charge is 0.357 e. The van der Waals surface area contributed by atoms with Gasteiger partial charge in [0.25, 0.3) is 0 Å². The number of anilines is 1. The highest BCUT2D eigenvalue weighted by Crippen LogP contribution is 2.26. The first-order chi connectivity index (χ1) is 8.31. The number of para-hydroxylation sites is 1. The lowest BCUT2D eigenvalue weighted by Gasteiger charge is -1.97. The van der Waals surface area contributed by atoms with Crippen molar-refractivity contribution in [2.75, 3.05) is 5.32 Å². The molecule has 1 aromatic carbocycles. The predicted octanol–water partition coefficient (Wildman–Crippen LogP) is 3.67. The first-order valence-electron chi connectivity index (χ1n) is 5.32. The van der Waals surface area contributed by atoms with Gasteiger partial charge in [0.15, 0.2) is 5.13 Å². The molecule has 0 spiro atoms. The second-order valence-electron chi connectivity index (χ2n) is 3.69. The van der Waals surface area contributed by atoms with E-state index in [2.05, 4.69) is 21.4 Å². The van der Waals surface area contributed by atoms with Gasteiger partial charge in [0, 0.05) is 11.1 Å². The monoisotopic (exact) mass is 261 g/mol. The second-order valence-corrected chi connectivity index (χ2v) is 6.04. The number of fused-ring (bicyclic) bond motifs is 1. The summed E-state index contributed by atoms with van der Waals surface area (Å²) < 4.78 is 1.22. The van der Waals surface area contributed by atoms with Crippen LogP contribution in [0.15, 0.2) is 30.5 Å². The van der Waals surface area contributed by atoms with E-state index >= 15 is 0 Å². The minimum Gasteiger partial charge on any atom is -0.357 e. The Morgan fingerprint density at radius 3 is 2.88 bits per heavy atom. The maximum atomic E-state index is 4.53. The van der Waals surface area contributed by atoms with Crippen LogP contribution in [0.25, 0.3) is 10.2 Å². The summed E-state index contributed by atoms with van der Waals surface area (Å²) in [7, 11) is 0. The van der Waals surface area contributed by atoms with Crippen molar-refractivity contribution in [1.29, 1.82) is 0 Å². The number of aromatic nitrogens is 2. The van der Waals surface area contributed by atoms with E-state index < -0.39 is 0 Å². The standard InChI is InChI=1S/C12H11N3S2/c1-8-13-6-9(16-8)7-14-12-15-10-4-2-3-5-11(10)17-12/h2-6H,7H2,1H3,(H,14,15). The van der Waals surface area contributed by atoms with Crippen LogP contribution in [-0.2, 0) is 6.54 Å². The van der Waals surface area contributed by atoms with Gasteiger partial charge in [-0.25, -0.2) is 9.97 Å². The molecule has 0 aliphatic carbocycles. The molecule has 17 heavy (non-hydrogen) atoms. The minimum atomic E-state index is 0.797. The van der Waals surface area contributed by atoms with Crippen molar-refractivity contribution < 1.29 is 0 Å². The van der Waals surface area contributed by atoms with Crippen LogP contribution in [0.1, 0.15) is 9.88 Å². The molecule has 0 atom stereocenters. The number of benzene rings is 1. The lowest BCUT2D eigenvalue weighted by atomic mass is 10.3. The van der Waals surface area contributed by atoms with Gasteiger partial charge in [-0.1, -0.05) is 23.5 Å². The summed E-state index contributed by atoms with van der Waals surface area (Å²) in [6.45, 7) is 2.82. The van der Waals surface area contributed by atoms with Crippen LogP contribution in [0.4, 0.5) is 5.13 Å². The number of hydrogen-bond acceptors (Lipinski definition) is 5. The Bertz CT molecular complexity index is 609. The van der Waals surface area contributed by atoms with Crippen molar-refractivity contribution in [3.63, 3.8) is 0 Å². The molecule has 86 valence electrons. The number of nitrogens with zero attached hydrogens (tertiary/aromatic N) is 2. The smallest absolute Gasteiger partial charge is 0.184 e. The summed E-state index contributed by atoms with van der Waals surface area (Å²) in [6, 6.07) is 8.18. The molecule has 0 fully saturated rings. The second kappa shape index (κ2) is 4.43. The number of hydrogen-bond donors (Lipinski definition) is 1. The molecule has 3 nitrogen and oxygen atoms in total. The van der Waals surface area contributed by atoms with Crippen LogP contribution in [0.5, 0.6) is 0 Å². The van der Waals surface area contributed by atoms with Crippen LogP contribution in [0.2, 0.25) is 0 Å². The quantitative estimate of drug-likeness (QED) is 0.781. The fraction of sp³-hybridized carbons (Fsp3) is 0.167. The van der Waals surface area contributed by atoms with Gasteiger partial charge in [0.2, 0.25) is 0 Å². The fourth-order valence-corrected chi connectivity index (χ4v) is 3.19. The summed E-state index contributed by atoms with van der Waals surface area (Å²) in [5.41, 5.74) is 1.06. The molecule has 3 aromatic rings. The molecule has 5 heteroatoms. The Labute approximate surface area is 107 Å². The molecule has 0 bridgehead atoms. The van der Waals surface area contributed by atoms with Crippen molar-refractivity contribution in [2.45, 2.75) is 13.5 Å². The highest BCUT2D eigenvalue weighted by atomic mass is 32.1. The summed E-state index contributed by atoms with van der Waals surface area (Å²) >= 11 is 3.40. The molecular weight excluding hydrogens is 250 g/mol. The maximum absolute atomic E-state index is 4.53. The van der Waals surface area contributed by atoms with Gasteiger partial charge < -0.3 is 5.32 Å². The third kappa shape index (κ3) is 2.30. The fourth-order valence-electron chi connectivity index (χ4n) is 1.60. The molecule has 2 heterocycles. The molecule has 0 saturated carbocycles. The zero-order chi connectivity index (χ0) is 11.7. The molecule has 0 unspecified atom stereocenters. The van der Waals surface area contributed by atoms with Gasteiger partial charge in [0.1, 0.15) is 0 Å². The highest BCUT2D eigenvalue weighted by molar-refractivity contribution is 7.22. The molecule has 1 N–H and O–H groups in total. The topological polar surface area (TPSA) is 37.8 Å². The first kappa shape index (κ1) is 10.7. The summed E-state index contributed by atoms with van der Waals surface area (Å²) in [5, 5.41) is 5.41. The number of aryl methyl sites for hydroxylation is 1. The minimum absolute atomic E-state index is 0.797. The highest BCUT2D eigenvalue weighted by Gasteiger charge is 2.03. The van der Waals surface area contributed by atoms with Gasteiger partial charge in [-0.2, -0.15) is 0 Å². The third-order valence-electron chi connectivity index (χ3n) is 2.38. The van der Waals surface area contributed by atoms with Crippen LogP contribution < -0.4 is 5.32 Å². The Morgan fingerprint density at radius 2 is 2.12 bits per heavy atom. The van der Waals surface area contributed by atoms with E-state index in [-0.39, 0.29) is 0 Å². The zero-order valence-corrected chi connectivity index (χ0v) is 10.9. The van der Waals surface area contributed by atoms with Crippen LogP contribution >= 0.6 is 22.7 Å². The summed E-state index contributed by atoms with van der Waals surface area (Å²) in [6.07, 6.45) is 1.92. The SMILES string of the molecule is Cc1ncc(CNc2nc3ccccc3s2)s1. The molecule has 2 aromatic heterocycles. The van der Waals surface area contributed by atoms with Crippen molar-refractivity contribution >= 4 is 38.0 Å². The maximum Gasteiger partial charge on any atom is 0.184 e. The lowest BCUT2D eigenvalue weighted by Crippen LogP contribution is -1.96. The van der Waals surface area contributed by atoms with Gasteiger partial charge in [-0.15, -0.1) is 11.3 Å². The lowest BCUT2D eigenvalue weighted by molar-refractivity contribution is 1.16. The average Bonchev–Trinajstić information content (AvgIpc) is 2.91. The Hall–Kier alpha value is -1.46. The van der Waals surface area contributed by atoms with Crippen LogP contribution in [0.3, 0.4) is 0 Å².